The van der Waals surface area contributed by atoms with Crippen LogP contribution in [-0.2, 0) is 45.9 Å². The number of rotatable bonds is 13. The lowest BCUT2D eigenvalue weighted by atomic mass is 10.0. The predicted octanol–water partition coefficient (Wildman–Crippen LogP) is -4.60. The van der Waals surface area contributed by atoms with Gasteiger partial charge < -0.3 is 81.7 Å². The van der Waals surface area contributed by atoms with E-state index in [1.54, 1.807) is 24.3 Å². The first-order valence-electron chi connectivity index (χ1n) is 28.6. The van der Waals surface area contributed by atoms with Gasteiger partial charge in [0.2, 0.25) is 6.54 Å². The zero-order chi connectivity index (χ0) is 60.6. The molecular formula is C67H90Br2Cl2N8O6S2. The Morgan fingerprint density at radius 2 is 0.759 bits per heavy atom. The second-order valence-corrected chi connectivity index (χ2v) is 26.5. The van der Waals surface area contributed by atoms with Crippen LogP contribution in [0.3, 0.4) is 0 Å². The van der Waals surface area contributed by atoms with Crippen molar-refractivity contribution >= 4 is 45.1 Å². The maximum absolute atomic E-state index is 10.4. The lowest BCUT2D eigenvalue weighted by Crippen LogP contribution is -3.00. The average Bonchev–Trinajstić information content (AvgIpc) is 3.15. The number of hydrogen-bond acceptors (Lipinski definition) is 8. The summed E-state index contributed by atoms with van der Waals surface area (Å²) in [6, 6.07) is 48.2. The Balaban J connectivity index is 0.000000521. The number of nitriles is 1. The molecule has 14 nitrogen and oxygen atoms in total. The Morgan fingerprint density at radius 3 is 1.07 bits per heavy atom. The second-order valence-electron chi connectivity index (χ2n) is 23.8. The smallest absolute Gasteiger partial charge is 0.228 e. The van der Waals surface area contributed by atoms with Crippen molar-refractivity contribution in [3.63, 3.8) is 0 Å². The van der Waals surface area contributed by atoms with Crippen LogP contribution in [-0.4, -0.2) is 211 Å². The van der Waals surface area contributed by atoms with Crippen molar-refractivity contribution in [2.45, 2.75) is 55.7 Å². The van der Waals surface area contributed by atoms with Crippen LogP contribution >= 0.6 is 0 Å². The van der Waals surface area contributed by atoms with Gasteiger partial charge in [0.1, 0.15) is 65.6 Å². The number of fused-ring (bicyclic) bond motifs is 4. The molecule has 0 aliphatic carbocycles. The number of quaternary nitrogens is 2. The lowest BCUT2D eigenvalue weighted by Gasteiger charge is -2.23. The van der Waals surface area contributed by atoms with E-state index >= 15 is 0 Å². The molecule has 0 amide bonds. The lowest BCUT2D eigenvalue weighted by molar-refractivity contribution is -0.878. The molecule has 4 heterocycles. The molecule has 20 heteroatoms. The van der Waals surface area contributed by atoms with Crippen molar-refractivity contribution in [3.05, 3.63) is 201 Å². The molecular weight excluding hydrogens is 1310 g/mol. The fraction of sp³-hybridized carbons (Fsp3) is 0.388. The highest BCUT2D eigenvalue weighted by atomic mass is 79.9. The maximum Gasteiger partial charge on any atom is 0.228 e. The zero-order valence-corrected chi connectivity index (χ0v) is 58.7. The fourth-order valence-electron chi connectivity index (χ4n) is 9.31. The minimum absolute atomic E-state index is 0. The molecule has 0 saturated heterocycles. The monoisotopic (exact) mass is 1390 g/mol. The van der Waals surface area contributed by atoms with E-state index in [1.807, 2.05) is 19.9 Å². The van der Waals surface area contributed by atoms with Crippen LogP contribution in [0.25, 0.3) is 0 Å². The van der Waals surface area contributed by atoms with Gasteiger partial charge in [-0.05, 0) is 98.7 Å². The summed E-state index contributed by atoms with van der Waals surface area (Å²) in [5.74, 6) is 0. The van der Waals surface area contributed by atoms with Gasteiger partial charge >= 0.3 is 0 Å². The third-order valence-corrected chi connectivity index (χ3v) is 15.9. The van der Waals surface area contributed by atoms with E-state index in [4.69, 9.17) is 5.26 Å². The number of aryl methyl sites for hydroxylation is 2. The van der Waals surface area contributed by atoms with Crippen molar-refractivity contribution in [1.82, 2.24) is 4.90 Å². The molecule has 474 valence electrons. The molecule has 87 heavy (non-hydrogen) atoms. The van der Waals surface area contributed by atoms with Crippen LogP contribution in [0.5, 0.6) is 0 Å². The molecule has 0 saturated carbocycles. The summed E-state index contributed by atoms with van der Waals surface area (Å²) in [5, 5.41) is 8.55. The summed E-state index contributed by atoms with van der Waals surface area (Å²) in [6.45, 7) is 15.6. The van der Waals surface area contributed by atoms with Crippen molar-refractivity contribution in [2.75, 3.05) is 128 Å². The fourth-order valence-corrected chi connectivity index (χ4v) is 10.3. The molecule has 0 spiro atoms. The average molecular weight is 1400 g/mol. The van der Waals surface area contributed by atoms with E-state index in [-0.39, 0.29) is 68.6 Å². The normalized spacial score (nSPS) is 13.5. The Kier molecular flexibility index (Phi) is 35.7. The molecule has 6 aromatic carbocycles. The van der Waals surface area contributed by atoms with Crippen molar-refractivity contribution in [3.8, 4) is 6.07 Å². The number of nitrogens with zero attached hydrogens (tertiary/aromatic N) is 8. The van der Waals surface area contributed by atoms with Gasteiger partial charge in [-0.1, -0.05) is 108 Å². The van der Waals surface area contributed by atoms with Crippen LogP contribution in [0.15, 0.2) is 155 Å². The molecule has 0 N–H and O–H groups in total. The van der Waals surface area contributed by atoms with Crippen LogP contribution in [0.4, 0.5) is 0 Å². The van der Waals surface area contributed by atoms with Gasteiger partial charge in [-0.3, -0.25) is 0 Å². The molecule has 0 radical (unpaired) electrons. The van der Waals surface area contributed by atoms with E-state index in [0.29, 0.717) is 6.54 Å². The van der Waals surface area contributed by atoms with Gasteiger partial charge in [-0.2, -0.15) is 5.26 Å². The second kappa shape index (κ2) is 39.0. The minimum Gasteiger partial charge on any atom is -1.00 e. The van der Waals surface area contributed by atoms with Crippen LogP contribution < -0.4 is 58.8 Å². The van der Waals surface area contributed by atoms with E-state index in [0.717, 1.165) is 65.8 Å². The summed E-state index contributed by atoms with van der Waals surface area (Å²) in [4.78, 5) is 1.88. The van der Waals surface area contributed by atoms with Gasteiger partial charge in [0, 0.05) is 47.9 Å². The molecule has 0 aromatic heterocycles. The molecule has 0 fully saturated rings. The summed E-state index contributed by atoms with van der Waals surface area (Å²) in [6.07, 6.45) is 14.9. The number of halogens is 4. The maximum atomic E-state index is 10.4. The van der Waals surface area contributed by atoms with E-state index in [2.05, 4.69) is 202 Å². The molecule has 6 aromatic rings. The third-order valence-electron chi connectivity index (χ3n) is 14.2. The first-order valence-corrected chi connectivity index (χ1v) is 31.4. The first kappa shape index (κ1) is 79.7. The topological polar surface area (TPSA) is 153 Å². The Labute approximate surface area is 554 Å². The van der Waals surface area contributed by atoms with E-state index in [9.17, 15) is 25.9 Å². The minimum atomic E-state index is -4.27. The van der Waals surface area contributed by atoms with Crippen LogP contribution in [0.2, 0.25) is 0 Å². The van der Waals surface area contributed by atoms with E-state index in [1.165, 1.54) is 121 Å². The zero-order valence-electron chi connectivity index (χ0n) is 52.3. The number of hydrogen-bond donors (Lipinski definition) is 0. The van der Waals surface area contributed by atoms with Gasteiger partial charge in [0.05, 0.1) is 71.6 Å². The van der Waals surface area contributed by atoms with Crippen LogP contribution in [0, 0.1) is 25.2 Å². The van der Waals surface area contributed by atoms with Crippen molar-refractivity contribution in [1.29, 1.82) is 5.26 Å². The number of benzene rings is 6. The van der Waals surface area contributed by atoms with Crippen molar-refractivity contribution in [2.24, 2.45) is 0 Å². The van der Waals surface area contributed by atoms with Gasteiger partial charge in [0.25, 0.3) is 0 Å². The summed E-state index contributed by atoms with van der Waals surface area (Å²) in [5.41, 5.74) is 13.2. The Morgan fingerprint density at radius 1 is 0.460 bits per heavy atom. The number of likely N-dealkylation sites (N-methyl/N-ethyl adjacent to an activating group) is 2. The molecule has 4 aliphatic heterocycles. The Hall–Kier alpha value is -5.27. The highest BCUT2D eigenvalue weighted by Gasteiger charge is 2.20. The molecule has 0 unspecified atom stereocenters. The molecule has 0 atom stereocenters. The molecule has 10 rings (SSSR count). The molecule has 0 bridgehead atoms. The van der Waals surface area contributed by atoms with Gasteiger partial charge in [-0.25, -0.2) is 35.1 Å². The highest BCUT2D eigenvalue weighted by molar-refractivity contribution is 7.86. The quantitative estimate of drug-likeness (QED) is 0.0486. The SMILES string of the molecule is CN(C)CC[N+]1=Cc2ccccc2CC1.C[N+](C)(C)CCC[N+]1=Cc2ccccc2CC1.C[N+](C)(C)CC[N+]1=Cc2ccccc2CC1.Cc1ccc(S(=O)(=O)[O-])cc1.Cc1ccc(S(=O)(=O)[O-])cc1.N#CC[N+]1=Cc2ccccc2CC1.[Br-].[Br-].[Cl-].[Cl-]. The summed E-state index contributed by atoms with van der Waals surface area (Å²) in [7, 11) is 9.23. The van der Waals surface area contributed by atoms with Crippen molar-refractivity contribution < 1.29 is 112 Å². The standard InChI is InChI=1S/C15H24N2.C14H22N2.C13H19N2.C11H11N2.2C7H8O3S.2BrH.2ClH/c1-17(2,3)12-6-10-16-11-9-14-7-4-5-8-15(14)13-16;1-16(2,3)11-10-15-9-8-13-6-4-5-7-14(13)12-15;1-14(2)9-10-15-8-7-12-5-3-4-6-13(12)11-15;12-6-8-13-7-5-10-3-1-2-4-11(10)9-13;2*1-6-2-4-7(5-3-6)11(8,9)10;;;;/h4-5,7-8,13H,6,9-12H2,1-3H3;4-7,12H,8-11H2,1-3H3;3-6,11H,7-10H2,1-2H3;1-4,9H,5,7-8H2;2*2-5H,1H3,(H,8,9,10);4*1H/q2*+2;2*+1;;;;;;/p-6. The summed E-state index contributed by atoms with van der Waals surface area (Å²) >= 11 is 0. The summed E-state index contributed by atoms with van der Waals surface area (Å²) < 4.78 is 73.8. The first-order chi connectivity index (χ1) is 39.2. The Bertz CT molecular complexity index is 3400. The van der Waals surface area contributed by atoms with Crippen LogP contribution in [0.1, 0.15) is 62.1 Å². The van der Waals surface area contributed by atoms with E-state index < -0.39 is 20.2 Å². The van der Waals surface area contributed by atoms with Gasteiger partial charge in [-0.15, -0.1) is 0 Å². The highest BCUT2D eigenvalue weighted by Crippen LogP contribution is 2.15. The van der Waals surface area contributed by atoms with Gasteiger partial charge in [0.15, 0.2) is 37.9 Å². The predicted molar refractivity (Wildman–Crippen MR) is 334 cm³/mol. The largest absolute Gasteiger partial charge is 1.00 e. The molecule has 4 aliphatic rings. The third kappa shape index (κ3) is 30.7.